The first kappa shape index (κ1) is 11.2. The SMILES string of the molecule is C=CCNCCSc1nc2ccccc2o1. The Morgan fingerprint density at radius 1 is 1.44 bits per heavy atom. The fourth-order valence-corrected chi connectivity index (χ4v) is 2.06. The molecule has 0 aliphatic heterocycles. The molecule has 0 aliphatic rings. The molecule has 4 heteroatoms. The number of oxazole rings is 1. The largest absolute Gasteiger partial charge is 0.431 e. The molecule has 0 radical (unpaired) electrons. The minimum absolute atomic E-state index is 0.738. The maximum atomic E-state index is 5.58. The molecular formula is C12H14N2OS. The average Bonchev–Trinajstić information content (AvgIpc) is 2.71. The van der Waals surface area contributed by atoms with E-state index in [9.17, 15) is 0 Å². The zero-order valence-electron chi connectivity index (χ0n) is 8.98. The van der Waals surface area contributed by atoms with Crippen molar-refractivity contribution in [3.05, 3.63) is 36.9 Å². The molecule has 0 aliphatic carbocycles. The molecule has 2 aromatic rings. The summed E-state index contributed by atoms with van der Waals surface area (Å²) in [6, 6.07) is 7.81. The van der Waals surface area contributed by atoms with Crippen LogP contribution in [0.4, 0.5) is 0 Å². The zero-order valence-corrected chi connectivity index (χ0v) is 9.80. The fourth-order valence-electron chi connectivity index (χ4n) is 1.33. The van der Waals surface area contributed by atoms with E-state index in [2.05, 4.69) is 16.9 Å². The number of fused-ring (bicyclic) bond motifs is 1. The third-order valence-corrected chi connectivity index (χ3v) is 2.90. The van der Waals surface area contributed by atoms with E-state index in [0.717, 1.165) is 35.2 Å². The van der Waals surface area contributed by atoms with Crippen molar-refractivity contribution >= 4 is 22.9 Å². The summed E-state index contributed by atoms with van der Waals surface area (Å²) in [6.45, 7) is 5.41. The summed E-state index contributed by atoms with van der Waals surface area (Å²) in [5, 5.41) is 3.97. The topological polar surface area (TPSA) is 38.1 Å². The molecule has 0 amide bonds. The molecule has 1 aromatic carbocycles. The molecule has 84 valence electrons. The van der Waals surface area contributed by atoms with Gasteiger partial charge in [-0.15, -0.1) is 6.58 Å². The molecule has 16 heavy (non-hydrogen) atoms. The van der Waals surface area contributed by atoms with E-state index in [1.165, 1.54) is 0 Å². The number of hydrogen-bond donors (Lipinski definition) is 1. The molecule has 2 rings (SSSR count). The number of rotatable bonds is 6. The molecule has 0 spiro atoms. The van der Waals surface area contributed by atoms with Crippen molar-refractivity contribution in [1.82, 2.24) is 10.3 Å². The lowest BCUT2D eigenvalue weighted by Crippen LogP contribution is -2.16. The smallest absolute Gasteiger partial charge is 0.256 e. The van der Waals surface area contributed by atoms with E-state index in [0.29, 0.717) is 0 Å². The quantitative estimate of drug-likeness (QED) is 0.474. The van der Waals surface area contributed by atoms with E-state index in [-0.39, 0.29) is 0 Å². The van der Waals surface area contributed by atoms with E-state index >= 15 is 0 Å². The summed E-state index contributed by atoms with van der Waals surface area (Å²) in [5.41, 5.74) is 1.77. The van der Waals surface area contributed by atoms with Gasteiger partial charge in [0.1, 0.15) is 5.52 Å². The maximum Gasteiger partial charge on any atom is 0.256 e. The van der Waals surface area contributed by atoms with Crippen LogP contribution in [0.5, 0.6) is 0 Å². The van der Waals surface area contributed by atoms with Gasteiger partial charge in [-0.3, -0.25) is 0 Å². The summed E-state index contributed by atoms with van der Waals surface area (Å²) in [6.07, 6.45) is 1.85. The Bertz CT molecular complexity index is 434. The molecule has 0 saturated heterocycles. The molecule has 0 bridgehead atoms. The van der Waals surface area contributed by atoms with Crippen LogP contribution in [-0.4, -0.2) is 23.8 Å². The van der Waals surface area contributed by atoms with Crippen molar-refractivity contribution in [3.63, 3.8) is 0 Å². The molecule has 1 heterocycles. The molecular weight excluding hydrogens is 220 g/mol. The number of thioether (sulfide) groups is 1. The highest BCUT2D eigenvalue weighted by atomic mass is 32.2. The Hall–Kier alpha value is -1.26. The average molecular weight is 234 g/mol. The Morgan fingerprint density at radius 2 is 2.31 bits per heavy atom. The summed E-state index contributed by atoms with van der Waals surface area (Å²) in [7, 11) is 0. The number of nitrogens with one attached hydrogen (secondary N) is 1. The van der Waals surface area contributed by atoms with Crippen LogP contribution in [-0.2, 0) is 0 Å². The molecule has 0 saturated carbocycles. The number of benzene rings is 1. The molecule has 3 nitrogen and oxygen atoms in total. The maximum absolute atomic E-state index is 5.58. The highest BCUT2D eigenvalue weighted by molar-refractivity contribution is 7.99. The first-order chi connectivity index (χ1) is 7.90. The van der Waals surface area contributed by atoms with Gasteiger partial charge in [0.25, 0.3) is 5.22 Å². The van der Waals surface area contributed by atoms with Crippen molar-refractivity contribution in [2.75, 3.05) is 18.8 Å². The van der Waals surface area contributed by atoms with Crippen LogP contribution in [0.25, 0.3) is 11.1 Å². The van der Waals surface area contributed by atoms with Gasteiger partial charge in [0, 0.05) is 18.8 Å². The second-order valence-corrected chi connectivity index (χ2v) is 4.33. The molecule has 1 aromatic heterocycles. The van der Waals surface area contributed by atoms with E-state index in [1.807, 2.05) is 30.3 Å². The van der Waals surface area contributed by atoms with Gasteiger partial charge in [0.05, 0.1) is 0 Å². The summed E-state index contributed by atoms with van der Waals surface area (Å²) < 4.78 is 5.58. The van der Waals surface area contributed by atoms with Gasteiger partial charge in [-0.1, -0.05) is 30.0 Å². The normalized spacial score (nSPS) is 10.8. The van der Waals surface area contributed by atoms with Crippen molar-refractivity contribution < 1.29 is 4.42 Å². The second-order valence-electron chi connectivity index (χ2n) is 3.29. The Kier molecular flexibility index (Phi) is 4.02. The van der Waals surface area contributed by atoms with Gasteiger partial charge in [-0.05, 0) is 12.1 Å². The summed E-state index contributed by atoms with van der Waals surface area (Å²) >= 11 is 1.62. The molecule has 0 unspecified atom stereocenters. The number of aromatic nitrogens is 1. The molecule has 0 fully saturated rings. The van der Waals surface area contributed by atoms with Gasteiger partial charge in [-0.25, -0.2) is 4.98 Å². The van der Waals surface area contributed by atoms with Gasteiger partial charge >= 0.3 is 0 Å². The van der Waals surface area contributed by atoms with Crippen LogP contribution >= 0.6 is 11.8 Å². The Labute approximate surface area is 98.9 Å². The lowest BCUT2D eigenvalue weighted by Gasteiger charge is -1.97. The monoisotopic (exact) mass is 234 g/mol. The minimum Gasteiger partial charge on any atom is -0.431 e. The van der Waals surface area contributed by atoms with Gasteiger partial charge in [0.2, 0.25) is 0 Å². The summed E-state index contributed by atoms with van der Waals surface area (Å²) in [5.74, 6) is 0.945. The predicted octanol–water partition coefficient (Wildman–Crippen LogP) is 2.70. The second kappa shape index (κ2) is 5.72. The Balaban J connectivity index is 1.87. The van der Waals surface area contributed by atoms with Crippen LogP contribution in [0, 0.1) is 0 Å². The third kappa shape index (κ3) is 2.87. The van der Waals surface area contributed by atoms with Crippen molar-refractivity contribution in [3.8, 4) is 0 Å². The van der Waals surface area contributed by atoms with Crippen molar-refractivity contribution in [1.29, 1.82) is 0 Å². The van der Waals surface area contributed by atoms with Gasteiger partial charge in [0.15, 0.2) is 5.58 Å². The minimum atomic E-state index is 0.738. The van der Waals surface area contributed by atoms with Crippen molar-refractivity contribution in [2.45, 2.75) is 5.22 Å². The van der Waals surface area contributed by atoms with Crippen LogP contribution in [0.3, 0.4) is 0 Å². The third-order valence-electron chi connectivity index (χ3n) is 2.07. The first-order valence-corrected chi connectivity index (χ1v) is 6.18. The van der Waals surface area contributed by atoms with Gasteiger partial charge in [-0.2, -0.15) is 0 Å². The van der Waals surface area contributed by atoms with Crippen LogP contribution in [0.15, 0.2) is 46.6 Å². The zero-order chi connectivity index (χ0) is 11.2. The van der Waals surface area contributed by atoms with Gasteiger partial charge < -0.3 is 9.73 Å². The molecule has 1 N–H and O–H groups in total. The van der Waals surface area contributed by atoms with Crippen LogP contribution in [0.1, 0.15) is 0 Å². The van der Waals surface area contributed by atoms with Crippen LogP contribution < -0.4 is 5.32 Å². The number of para-hydroxylation sites is 2. The first-order valence-electron chi connectivity index (χ1n) is 5.20. The predicted molar refractivity (Wildman–Crippen MR) is 67.8 cm³/mol. The highest BCUT2D eigenvalue weighted by Gasteiger charge is 2.04. The van der Waals surface area contributed by atoms with E-state index < -0.39 is 0 Å². The lowest BCUT2D eigenvalue weighted by molar-refractivity contribution is 0.489. The number of hydrogen-bond acceptors (Lipinski definition) is 4. The Morgan fingerprint density at radius 3 is 3.12 bits per heavy atom. The molecule has 0 atom stereocenters. The van der Waals surface area contributed by atoms with Crippen molar-refractivity contribution in [2.24, 2.45) is 0 Å². The standard InChI is InChI=1S/C12H14N2OS/c1-2-7-13-8-9-16-12-14-10-5-3-4-6-11(10)15-12/h2-6,13H,1,7-9H2. The summed E-state index contributed by atoms with van der Waals surface area (Å²) in [4.78, 5) is 4.38. The van der Waals surface area contributed by atoms with E-state index in [1.54, 1.807) is 11.8 Å². The lowest BCUT2D eigenvalue weighted by atomic mass is 10.3. The highest BCUT2D eigenvalue weighted by Crippen LogP contribution is 2.22. The van der Waals surface area contributed by atoms with E-state index in [4.69, 9.17) is 4.42 Å². The fraction of sp³-hybridized carbons (Fsp3) is 0.250. The van der Waals surface area contributed by atoms with Crippen LogP contribution in [0.2, 0.25) is 0 Å². The number of nitrogens with zero attached hydrogens (tertiary/aromatic N) is 1.